The van der Waals surface area contributed by atoms with Gasteiger partial charge in [0.25, 0.3) is 0 Å². The van der Waals surface area contributed by atoms with Crippen molar-refractivity contribution in [2.24, 2.45) is 0 Å². The van der Waals surface area contributed by atoms with Gasteiger partial charge in [0.1, 0.15) is 0 Å². The first-order valence-corrected chi connectivity index (χ1v) is 11.1. The predicted molar refractivity (Wildman–Crippen MR) is 119 cm³/mol. The summed E-state index contributed by atoms with van der Waals surface area (Å²) in [7, 11) is 0. The number of hydrogen-bond donors (Lipinski definition) is 0. The molecule has 0 saturated carbocycles. The van der Waals surface area contributed by atoms with Gasteiger partial charge in [-0.25, -0.2) is 0 Å². The van der Waals surface area contributed by atoms with E-state index in [2.05, 4.69) is 83.3 Å². The van der Waals surface area contributed by atoms with Gasteiger partial charge in [-0.1, -0.05) is 0 Å². The van der Waals surface area contributed by atoms with Crippen molar-refractivity contribution in [1.29, 1.82) is 0 Å². The van der Waals surface area contributed by atoms with Crippen molar-refractivity contribution >= 4 is 62.2 Å². The van der Waals surface area contributed by atoms with Crippen LogP contribution in [0, 0.1) is 0 Å². The molecular weight excluding hydrogens is 407 g/mol. The first kappa shape index (κ1) is 14.9. The molecule has 3 aromatic carbocycles. The quantitative estimate of drug-likeness (QED) is 0.293. The molecule has 28 heavy (non-hydrogen) atoms. The van der Waals surface area contributed by atoms with E-state index in [0.29, 0.717) is 0 Å². The third kappa shape index (κ3) is 1.76. The summed E-state index contributed by atoms with van der Waals surface area (Å²) in [6.45, 7) is 0. The Hall–Kier alpha value is -3.13. The molecule has 0 spiro atoms. The van der Waals surface area contributed by atoms with Gasteiger partial charge in [0, 0.05) is 0 Å². The zero-order valence-electron chi connectivity index (χ0n) is 14.9. The number of para-hydroxylation sites is 2. The average Bonchev–Trinajstić information content (AvgIpc) is 3.40. The van der Waals surface area contributed by atoms with Gasteiger partial charge >= 0.3 is 167 Å². The fraction of sp³-hybridized carbons (Fsp3) is 0. The summed E-state index contributed by atoms with van der Waals surface area (Å²) in [5.41, 5.74) is 3.83. The number of benzene rings is 3. The third-order valence-electron chi connectivity index (χ3n) is 5.81. The molecule has 7 rings (SSSR count). The summed E-state index contributed by atoms with van der Waals surface area (Å²) in [5.74, 6) is 0. The number of pyridine rings is 1. The van der Waals surface area contributed by atoms with Crippen molar-refractivity contribution in [2.45, 2.75) is 0 Å². The van der Waals surface area contributed by atoms with Crippen LogP contribution in [0.4, 0.5) is 0 Å². The van der Waals surface area contributed by atoms with Crippen LogP contribution in [0.1, 0.15) is 0 Å². The topological polar surface area (TPSA) is 17.3 Å². The fourth-order valence-corrected chi connectivity index (χ4v) is 7.15. The Kier molecular flexibility index (Phi) is 2.78. The van der Waals surface area contributed by atoms with E-state index in [9.17, 15) is 0 Å². The molecule has 0 aliphatic rings. The van der Waals surface area contributed by atoms with Gasteiger partial charge in [-0.3, -0.25) is 0 Å². The fourth-order valence-electron chi connectivity index (χ4n) is 4.62. The maximum atomic E-state index is 4.78. The normalized spacial score (nSPS) is 12.3. The van der Waals surface area contributed by atoms with Gasteiger partial charge in [-0.2, -0.15) is 0 Å². The molecule has 3 heteroatoms. The molecule has 0 saturated heterocycles. The zero-order valence-corrected chi connectivity index (χ0v) is 16.6. The molecule has 0 unspecified atom stereocenters. The first-order valence-electron chi connectivity index (χ1n) is 9.41. The molecule has 0 N–H and O–H groups in total. The van der Waals surface area contributed by atoms with Crippen LogP contribution in [0.25, 0.3) is 57.9 Å². The Morgan fingerprint density at radius 2 is 1.43 bits per heavy atom. The predicted octanol–water partition coefficient (Wildman–Crippen LogP) is 6.11. The van der Waals surface area contributed by atoms with Gasteiger partial charge in [-0.15, -0.1) is 0 Å². The van der Waals surface area contributed by atoms with Gasteiger partial charge in [-0.05, 0) is 0 Å². The number of rotatable bonds is 1. The molecule has 4 aromatic heterocycles. The Balaban J connectivity index is 1.66. The monoisotopic (exact) mass is 422 g/mol. The van der Waals surface area contributed by atoms with E-state index in [0.717, 1.165) is 5.69 Å². The van der Waals surface area contributed by atoms with E-state index in [4.69, 9.17) is 4.98 Å². The molecule has 0 aliphatic heterocycles. The second kappa shape index (κ2) is 5.23. The van der Waals surface area contributed by atoms with Crippen molar-refractivity contribution in [3.05, 3.63) is 85.1 Å². The average molecular weight is 421 g/mol. The van der Waals surface area contributed by atoms with Crippen LogP contribution >= 0.6 is 0 Å². The van der Waals surface area contributed by atoms with Gasteiger partial charge in [0.15, 0.2) is 0 Å². The molecule has 130 valence electrons. The van der Waals surface area contributed by atoms with Crippen LogP contribution in [0.2, 0.25) is 0 Å². The van der Waals surface area contributed by atoms with Crippen LogP contribution in [0.5, 0.6) is 0 Å². The summed E-state index contributed by atoms with van der Waals surface area (Å²) in [6.07, 6.45) is 1.94. The van der Waals surface area contributed by atoms with Crippen molar-refractivity contribution in [3.63, 3.8) is 0 Å². The molecule has 2 nitrogen and oxygen atoms in total. The molecule has 0 atom stereocenters. The number of fused-ring (bicyclic) bond motifs is 7. The van der Waals surface area contributed by atoms with E-state index in [1.165, 1.54) is 52.2 Å². The van der Waals surface area contributed by atoms with Crippen molar-refractivity contribution in [2.75, 3.05) is 0 Å². The number of hydrogen-bond acceptors (Lipinski definition) is 1. The Morgan fingerprint density at radius 3 is 2.36 bits per heavy atom. The number of nitrogens with zero attached hydrogens (tertiary/aromatic N) is 2. The minimum absolute atomic E-state index is 0.222. The summed E-state index contributed by atoms with van der Waals surface area (Å²) in [5, 5.41) is 7.95. The van der Waals surface area contributed by atoms with E-state index < -0.39 is 0 Å². The molecule has 7 aromatic rings. The van der Waals surface area contributed by atoms with Crippen LogP contribution in [0.15, 0.2) is 85.1 Å². The molecular formula is C25H14N2Se. The molecule has 4 heterocycles. The van der Waals surface area contributed by atoms with Crippen molar-refractivity contribution in [1.82, 2.24) is 9.38 Å². The number of aromatic nitrogens is 2. The second-order valence-electron chi connectivity index (χ2n) is 7.26. The van der Waals surface area contributed by atoms with Gasteiger partial charge in [0.05, 0.1) is 0 Å². The van der Waals surface area contributed by atoms with E-state index in [1.54, 1.807) is 0 Å². The van der Waals surface area contributed by atoms with E-state index in [1.807, 2.05) is 6.20 Å². The van der Waals surface area contributed by atoms with Crippen LogP contribution < -0.4 is 0 Å². The SMILES string of the molecule is c1ccc2c(-c3cc4c5cccc6c7ccccc7n(c4[se]3)c65)nccc2c1. The summed E-state index contributed by atoms with van der Waals surface area (Å²) in [4.78, 5) is 4.78. The Labute approximate surface area is 166 Å². The zero-order chi connectivity index (χ0) is 18.2. The van der Waals surface area contributed by atoms with E-state index in [-0.39, 0.29) is 14.5 Å². The van der Waals surface area contributed by atoms with Gasteiger partial charge < -0.3 is 0 Å². The Bertz CT molecular complexity index is 1660. The molecule has 0 bridgehead atoms. The van der Waals surface area contributed by atoms with Gasteiger partial charge in [0.2, 0.25) is 0 Å². The molecule has 0 radical (unpaired) electrons. The maximum absolute atomic E-state index is 4.78. The molecule has 0 amide bonds. The first-order chi connectivity index (χ1) is 13.9. The third-order valence-corrected chi connectivity index (χ3v) is 8.17. The standard InChI is InChI=1S/C25H14N2Se/c1-2-7-16-15(6-1)12-13-26-23(16)22-14-20-19-10-5-9-18-17-8-3-4-11-21(17)27(24(18)19)25(20)28-22/h1-14H. The summed E-state index contributed by atoms with van der Waals surface area (Å²) >= 11 is 0.222. The van der Waals surface area contributed by atoms with Crippen molar-refractivity contribution in [3.8, 4) is 10.1 Å². The van der Waals surface area contributed by atoms with Crippen LogP contribution in [-0.4, -0.2) is 23.9 Å². The Morgan fingerprint density at radius 1 is 0.679 bits per heavy atom. The minimum atomic E-state index is 0.222. The van der Waals surface area contributed by atoms with Crippen LogP contribution in [0.3, 0.4) is 0 Å². The summed E-state index contributed by atoms with van der Waals surface area (Å²) < 4.78 is 5.32. The molecule has 0 aliphatic carbocycles. The summed E-state index contributed by atoms with van der Waals surface area (Å²) in [6, 6.07) is 28.5. The van der Waals surface area contributed by atoms with E-state index >= 15 is 0 Å². The van der Waals surface area contributed by atoms with Crippen molar-refractivity contribution < 1.29 is 0 Å². The second-order valence-corrected chi connectivity index (χ2v) is 9.43. The van der Waals surface area contributed by atoms with Crippen LogP contribution in [-0.2, 0) is 0 Å². The molecule has 0 fully saturated rings.